The van der Waals surface area contributed by atoms with Crippen LogP contribution in [0, 0.1) is 6.07 Å². The highest BCUT2D eigenvalue weighted by Crippen LogP contribution is 2.14. The highest BCUT2D eigenvalue weighted by Gasteiger charge is 2.19. The van der Waals surface area contributed by atoms with Gasteiger partial charge in [0, 0.05) is 18.7 Å². The van der Waals surface area contributed by atoms with Crippen molar-refractivity contribution in [3.05, 3.63) is 30.3 Å². The summed E-state index contributed by atoms with van der Waals surface area (Å²) < 4.78 is 5.68. The molecule has 0 unspecified atom stereocenters. The average molecular weight is 247 g/mol. The normalized spacial score (nSPS) is 18.2. The summed E-state index contributed by atoms with van der Waals surface area (Å²) >= 11 is 0. The van der Waals surface area contributed by atoms with E-state index in [9.17, 15) is 0 Å². The van der Waals surface area contributed by atoms with Crippen LogP contribution in [-0.2, 0) is 0 Å². The van der Waals surface area contributed by atoms with E-state index in [1.54, 1.807) is 0 Å². The van der Waals surface area contributed by atoms with E-state index in [4.69, 9.17) is 4.74 Å². The van der Waals surface area contributed by atoms with Crippen LogP contribution < -0.4 is 4.74 Å². The van der Waals surface area contributed by atoms with Crippen molar-refractivity contribution < 1.29 is 4.74 Å². The van der Waals surface area contributed by atoms with Gasteiger partial charge < -0.3 is 9.64 Å². The summed E-state index contributed by atoms with van der Waals surface area (Å²) in [6, 6.07) is 11.6. The molecule has 1 aliphatic rings. The molecule has 1 aliphatic heterocycles. The second-order valence-corrected chi connectivity index (χ2v) is 5.11. The third-order valence-corrected chi connectivity index (χ3v) is 3.63. The highest BCUT2D eigenvalue weighted by atomic mass is 16.5. The molecule has 3 nitrogen and oxygen atoms in total. The van der Waals surface area contributed by atoms with Gasteiger partial charge in [0.15, 0.2) is 0 Å². The molecule has 1 radical (unpaired) electrons. The Morgan fingerprint density at radius 3 is 2.72 bits per heavy atom. The summed E-state index contributed by atoms with van der Waals surface area (Å²) in [7, 11) is 4.35. The molecule has 0 aliphatic carbocycles. The van der Waals surface area contributed by atoms with Crippen molar-refractivity contribution >= 4 is 0 Å². The first-order chi connectivity index (χ1) is 8.75. The molecule has 1 heterocycles. The molecule has 0 aromatic heterocycles. The number of likely N-dealkylation sites (tertiary alicyclic amines) is 1. The molecule has 0 bridgehead atoms. The molecular formula is C15H23N2O. The third kappa shape index (κ3) is 4.00. The number of benzene rings is 1. The summed E-state index contributed by atoms with van der Waals surface area (Å²) in [5.74, 6) is 0.848. The minimum absolute atomic E-state index is 0.754. The molecule has 0 atom stereocenters. The Labute approximate surface area is 110 Å². The van der Waals surface area contributed by atoms with Crippen molar-refractivity contribution in [2.45, 2.75) is 18.9 Å². The summed E-state index contributed by atoms with van der Waals surface area (Å²) in [6.07, 6.45) is 2.54. The van der Waals surface area contributed by atoms with Crippen LogP contribution in [0.25, 0.3) is 0 Å². The second kappa shape index (κ2) is 6.76. The van der Waals surface area contributed by atoms with Gasteiger partial charge in [-0.15, -0.1) is 0 Å². The minimum atomic E-state index is 0.754. The van der Waals surface area contributed by atoms with Gasteiger partial charge in [-0.25, -0.2) is 0 Å². The topological polar surface area (TPSA) is 15.7 Å². The number of rotatable bonds is 5. The van der Waals surface area contributed by atoms with Gasteiger partial charge in [-0.05, 0) is 46.1 Å². The molecular weight excluding hydrogens is 224 g/mol. The molecule has 1 aromatic rings. The van der Waals surface area contributed by atoms with Crippen LogP contribution in [0.1, 0.15) is 12.8 Å². The zero-order chi connectivity index (χ0) is 12.8. The SMILES string of the molecule is CN(C)C1CCN(CCOc2[c]cccc2)CC1. The lowest BCUT2D eigenvalue weighted by Crippen LogP contribution is -2.43. The van der Waals surface area contributed by atoms with Gasteiger partial charge in [-0.3, -0.25) is 4.90 Å². The zero-order valence-corrected chi connectivity index (χ0v) is 11.4. The number of hydrogen-bond donors (Lipinski definition) is 0. The predicted molar refractivity (Wildman–Crippen MR) is 73.9 cm³/mol. The number of para-hydroxylation sites is 1. The summed E-state index contributed by atoms with van der Waals surface area (Å²) in [5.41, 5.74) is 0. The van der Waals surface area contributed by atoms with Gasteiger partial charge in [0.25, 0.3) is 0 Å². The van der Waals surface area contributed by atoms with E-state index < -0.39 is 0 Å². The molecule has 0 saturated carbocycles. The number of nitrogens with zero attached hydrogens (tertiary/aromatic N) is 2. The van der Waals surface area contributed by atoms with Crippen molar-refractivity contribution in [2.75, 3.05) is 40.3 Å². The molecule has 1 saturated heterocycles. The standard InChI is InChI=1S/C15H23N2O/c1-16(2)14-8-10-17(11-9-14)12-13-18-15-6-4-3-5-7-15/h3-6,14H,8-13H2,1-2H3. The zero-order valence-electron chi connectivity index (χ0n) is 11.4. The van der Waals surface area contributed by atoms with E-state index in [1.807, 2.05) is 24.3 Å². The number of piperidine rings is 1. The lowest BCUT2D eigenvalue weighted by Gasteiger charge is -2.35. The monoisotopic (exact) mass is 247 g/mol. The average Bonchev–Trinajstić information content (AvgIpc) is 2.40. The molecule has 99 valence electrons. The third-order valence-electron chi connectivity index (χ3n) is 3.63. The van der Waals surface area contributed by atoms with Crippen molar-refractivity contribution in [3.8, 4) is 5.75 Å². The van der Waals surface area contributed by atoms with E-state index in [1.165, 1.54) is 25.9 Å². The maximum absolute atomic E-state index is 5.68. The molecule has 0 amide bonds. The fourth-order valence-corrected chi connectivity index (χ4v) is 2.41. The highest BCUT2D eigenvalue weighted by molar-refractivity contribution is 5.19. The second-order valence-electron chi connectivity index (χ2n) is 5.11. The predicted octanol–water partition coefficient (Wildman–Crippen LogP) is 1.89. The molecule has 18 heavy (non-hydrogen) atoms. The van der Waals surface area contributed by atoms with Crippen molar-refractivity contribution in [3.63, 3.8) is 0 Å². The Kier molecular flexibility index (Phi) is 5.02. The van der Waals surface area contributed by atoms with Gasteiger partial charge in [0.05, 0.1) is 0 Å². The minimum Gasteiger partial charge on any atom is -0.492 e. The largest absolute Gasteiger partial charge is 0.492 e. The van der Waals surface area contributed by atoms with Gasteiger partial charge >= 0.3 is 0 Å². The Morgan fingerprint density at radius 1 is 1.33 bits per heavy atom. The molecule has 3 heteroatoms. The van der Waals surface area contributed by atoms with E-state index in [0.717, 1.165) is 24.9 Å². The number of ether oxygens (including phenoxy) is 1. The van der Waals surface area contributed by atoms with Crippen LogP contribution in [-0.4, -0.2) is 56.2 Å². The molecule has 2 rings (SSSR count). The fraction of sp³-hybridized carbons (Fsp3) is 0.600. The molecule has 0 N–H and O–H groups in total. The lowest BCUT2D eigenvalue weighted by atomic mass is 10.0. The van der Waals surface area contributed by atoms with Gasteiger partial charge in [-0.1, -0.05) is 18.2 Å². The first-order valence-electron chi connectivity index (χ1n) is 6.74. The molecule has 1 aromatic carbocycles. The van der Waals surface area contributed by atoms with E-state index in [0.29, 0.717) is 0 Å². The summed E-state index contributed by atoms with van der Waals surface area (Å²) in [5, 5.41) is 0. The van der Waals surface area contributed by atoms with Crippen LogP contribution in [0.3, 0.4) is 0 Å². The quantitative estimate of drug-likeness (QED) is 0.790. The van der Waals surface area contributed by atoms with Gasteiger partial charge in [-0.2, -0.15) is 0 Å². The van der Waals surface area contributed by atoms with E-state index in [-0.39, 0.29) is 0 Å². The van der Waals surface area contributed by atoms with E-state index in [2.05, 4.69) is 30.0 Å². The van der Waals surface area contributed by atoms with Crippen molar-refractivity contribution in [1.82, 2.24) is 9.80 Å². The fourth-order valence-electron chi connectivity index (χ4n) is 2.41. The Bertz CT molecular complexity index is 332. The first kappa shape index (κ1) is 13.4. The Morgan fingerprint density at radius 2 is 2.11 bits per heavy atom. The number of hydrogen-bond acceptors (Lipinski definition) is 3. The maximum Gasteiger partial charge on any atom is 0.127 e. The maximum atomic E-state index is 5.68. The molecule has 1 fully saturated rings. The summed E-state index contributed by atoms with van der Waals surface area (Å²) in [6.45, 7) is 4.14. The lowest BCUT2D eigenvalue weighted by molar-refractivity contribution is 0.128. The van der Waals surface area contributed by atoms with Crippen molar-refractivity contribution in [1.29, 1.82) is 0 Å². The van der Waals surface area contributed by atoms with Crippen LogP contribution in [0.2, 0.25) is 0 Å². The summed E-state index contributed by atoms with van der Waals surface area (Å²) in [4.78, 5) is 4.83. The van der Waals surface area contributed by atoms with Crippen LogP contribution in [0.15, 0.2) is 24.3 Å². The van der Waals surface area contributed by atoms with E-state index >= 15 is 0 Å². The Balaban J connectivity index is 1.64. The van der Waals surface area contributed by atoms with Crippen LogP contribution >= 0.6 is 0 Å². The van der Waals surface area contributed by atoms with Crippen LogP contribution in [0.4, 0.5) is 0 Å². The van der Waals surface area contributed by atoms with Gasteiger partial charge in [0.2, 0.25) is 0 Å². The smallest absolute Gasteiger partial charge is 0.127 e. The van der Waals surface area contributed by atoms with Crippen LogP contribution in [0.5, 0.6) is 5.75 Å². The van der Waals surface area contributed by atoms with Crippen molar-refractivity contribution in [2.24, 2.45) is 0 Å². The van der Waals surface area contributed by atoms with Gasteiger partial charge in [0.1, 0.15) is 12.4 Å². The Hall–Kier alpha value is -1.06. The first-order valence-corrected chi connectivity index (χ1v) is 6.74. The molecule has 0 spiro atoms.